The average molecular weight is 425 g/mol. The maximum absolute atomic E-state index is 12.6. The van der Waals surface area contributed by atoms with Gasteiger partial charge < -0.3 is 14.0 Å². The van der Waals surface area contributed by atoms with Crippen LogP contribution in [0.15, 0.2) is 35.7 Å². The molecule has 2 aromatic heterocycles. The lowest BCUT2D eigenvalue weighted by Crippen LogP contribution is -2.15. The highest BCUT2D eigenvalue weighted by molar-refractivity contribution is 7.09. The number of ether oxygens (including phenoxy) is 2. The fourth-order valence-electron chi connectivity index (χ4n) is 3.49. The Hall–Kier alpha value is -2.93. The zero-order chi connectivity index (χ0) is 21.3. The molecule has 6 nitrogen and oxygen atoms in total. The summed E-state index contributed by atoms with van der Waals surface area (Å²) in [6, 6.07) is 10.1. The number of aryl methyl sites for hydroxylation is 2. The van der Waals surface area contributed by atoms with Crippen LogP contribution >= 0.6 is 11.3 Å². The number of Topliss-reactive ketones (excluding diaryl/α,β-unsaturated/α-hetero) is 1. The lowest BCUT2D eigenvalue weighted by molar-refractivity contribution is 0.0469. The van der Waals surface area contributed by atoms with E-state index in [0.717, 1.165) is 35.5 Å². The summed E-state index contributed by atoms with van der Waals surface area (Å²) in [7, 11) is 0. The molecule has 0 unspecified atom stereocenters. The van der Waals surface area contributed by atoms with Crippen molar-refractivity contribution in [3.63, 3.8) is 0 Å². The van der Waals surface area contributed by atoms with Gasteiger partial charge in [0.15, 0.2) is 12.3 Å². The molecule has 0 saturated heterocycles. The molecule has 0 aliphatic heterocycles. The van der Waals surface area contributed by atoms with Gasteiger partial charge in [-0.05, 0) is 51.8 Å². The minimum atomic E-state index is -0.600. The molecule has 1 aliphatic carbocycles. The van der Waals surface area contributed by atoms with Crippen molar-refractivity contribution in [1.82, 2.24) is 9.55 Å². The van der Waals surface area contributed by atoms with Crippen molar-refractivity contribution in [1.29, 1.82) is 0 Å². The molecule has 0 radical (unpaired) electrons. The minimum absolute atomic E-state index is 0.193. The molecular weight excluding hydrogens is 400 g/mol. The molecule has 7 heteroatoms. The molecule has 1 aromatic carbocycles. The Kier molecular flexibility index (Phi) is 5.72. The molecule has 0 N–H and O–H groups in total. The standard InChI is InChI=1S/C23H24N2O4S/c1-14-4-8-18(9-5-14)28-12-22-24-20(13-30-22)23(27)29-11-21(26)19-10-15(2)25(16(19)3)17-6-7-17/h4-5,8-10,13,17H,6-7,11-12H2,1-3H3. The predicted molar refractivity (Wildman–Crippen MR) is 114 cm³/mol. The number of hydrogen-bond donors (Lipinski definition) is 0. The number of ketones is 1. The van der Waals surface area contributed by atoms with E-state index < -0.39 is 5.97 Å². The van der Waals surface area contributed by atoms with Crippen LogP contribution < -0.4 is 4.74 Å². The van der Waals surface area contributed by atoms with Crippen molar-refractivity contribution < 1.29 is 19.1 Å². The molecule has 0 amide bonds. The Morgan fingerprint density at radius 3 is 2.60 bits per heavy atom. The van der Waals surface area contributed by atoms with Crippen molar-refractivity contribution in [2.24, 2.45) is 0 Å². The maximum atomic E-state index is 12.6. The van der Waals surface area contributed by atoms with E-state index in [0.29, 0.717) is 16.6 Å². The third-order valence-corrected chi connectivity index (χ3v) is 6.00. The maximum Gasteiger partial charge on any atom is 0.358 e. The van der Waals surface area contributed by atoms with E-state index in [1.165, 1.54) is 11.3 Å². The van der Waals surface area contributed by atoms with Gasteiger partial charge in [0.25, 0.3) is 0 Å². The largest absolute Gasteiger partial charge is 0.486 e. The summed E-state index contributed by atoms with van der Waals surface area (Å²) >= 11 is 1.32. The first-order valence-electron chi connectivity index (χ1n) is 9.95. The van der Waals surface area contributed by atoms with Gasteiger partial charge in [0.2, 0.25) is 5.78 Å². The van der Waals surface area contributed by atoms with Crippen molar-refractivity contribution >= 4 is 23.1 Å². The second-order valence-corrected chi connectivity index (χ2v) is 8.56. The van der Waals surface area contributed by atoms with E-state index >= 15 is 0 Å². The van der Waals surface area contributed by atoms with Gasteiger partial charge in [-0.25, -0.2) is 9.78 Å². The number of rotatable bonds is 8. The SMILES string of the molecule is Cc1ccc(OCc2nc(C(=O)OCC(=O)c3cc(C)n(C4CC4)c3C)cs2)cc1. The molecule has 4 rings (SSSR count). The normalized spacial score (nSPS) is 13.3. The third-order valence-electron chi connectivity index (χ3n) is 5.18. The second-order valence-electron chi connectivity index (χ2n) is 7.61. The number of esters is 1. The molecule has 2 heterocycles. The summed E-state index contributed by atoms with van der Waals surface area (Å²) in [6.45, 7) is 5.94. The average Bonchev–Trinajstić information content (AvgIpc) is 3.36. The number of carbonyl (C=O) groups excluding carboxylic acids is 2. The van der Waals surface area contributed by atoms with Gasteiger partial charge in [-0.1, -0.05) is 17.7 Å². The summed E-state index contributed by atoms with van der Waals surface area (Å²) in [5.41, 5.74) is 3.99. The van der Waals surface area contributed by atoms with Gasteiger partial charge in [0.05, 0.1) is 0 Å². The van der Waals surface area contributed by atoms with Crippen LogP contribution in [-0.4, -0.2) is 27.9 Å². The van der Waals surface area contributed by atoms with E-state index in [4.69, 9.17) is 9.47 Å². The second kappa shape index (κ2) is 8.44. The molecule has 30 heavy (non-hydrogen) atoms. The van der Waals surface area contributed by atoms with Crippen LogP contribution in [0.3, 0.4) is 0 Å². The van der Waals surface area contributed by atoms with Crippen molar-refractivity contribution in [3.8, 4) is 5.75 Å². The molecule has 1 fully saturated rings. The first-order valence-corrected chi connectivity index (χ1v) is 10.8. The van der Waals surface area contributed by atoms with Crippen LogP contribution in [0.1, 0.15) is 61.7 Å². The number of carbonyl (C=O) groups is 2. The predicted octanol–water partition coefficient (Wildman–Crippen LogP) is 4.82. The summed E-state index contributed by atoms with van der Waals surface area (Å²) in [5, 5.41) is 2.29. The summed E-state index contributed by atoms with van der Waals surface area (Å²) in [5.74, 6) is -0.0481. The summed E-state index contributed by atoms with van der Waals surface area (Å²) < 4.78 is 13.1. The van der Waals surface area contributed by atoms with Crippen LogP contribution in [0.2, 0.25) is 0 Å². The van der Waals surface area contributed by atoms with Gasteiger partial charge >= 0.3 is 5.97 Å². The Balaban J connectivity index is 1.31. The van der Waals surface area contributed by atoms with E-state index in [1.54, 1.807) is 5.38 Å². The summed E-state index contributed by atoms with van der Waals surface area (Å²) in [4.78, 5) is 29.1. The quantitative estimate of drug-likeness (QED) is 0.383. The van der Waals surface area contributed by atoms with Crippen molar-refractivity contribution in [2.75, 3.05) is 6.61 Å². The van der Waals surface area contributed by atoms with E-state index in [9.17, 15) is 9.59 Å². The number of thiazole rings is 1. The van der Waals surface area contributed by atoms with Crippen LogP contribution in [0, 0.1) is 20.8 Å². The molecule has 0 spiro atoms. The van der Waals surface area contributed by atoms with E-state index in [-0.39, 0.29) is 24.7 Å². The first kappa shape index (κ1) is 20.3. The minimum Gasteiger partial charge on any atom is -0.486 e. The van der Waals surface area contributed by atoms with Crippen LogP contribution in [0.4, 0.5) is 0 Å². The van der Waals surface area contributed by atoms with Gasteiger partial charge in [0.1, 0.15) is 17.4 Å². The third kappa shape index (κ3) is 4.46. The smallest absolute Gasteiger partial charge is 0.358 e. The van der Waals surface area contributed by atoms with Gasteiger partial charge in [-0.15, -0.1) is 11.3 Å². The van der Waals surface area contributed by atoms with Crippen LogP contribution in [0.5, 0.6) is 5.75 Å². The monoisotopic (exact) mass is 424 g/mol. The highest BCUT2D eigenvalue weighted by Gasteiger charge is 2.28. The van der Waals surface area contributed by atoms with Crippen LogP contribution in [-0.2, 0) is 11.3 Å². The Labute approximate surface area is 179 Å². The number of benzene rings is 1. The molecule has 0 bridgehead atoms. The first-order chi connectivity index (χ1) is 14.4. The fraction of sp³-hybridized carbons (Fsp3) is 0.348. The molecule has 1 aliphatic rings. The number of nitrogens with zero attached hydrogens (tertiary/aromatic N) is 2. The Bertz CT molecular complexity index is 1080. The molecule has 156 valence electrons. The molecule has 0 atom stereocenters. The fourth-order valence-corrected chi connectivity index (χ4v) is 4.16. The lowest BCUT2D eigenvalue weighted by atomic mass is 10.1. The highest BCUT2D eigenvalue weighted by atomic mass is 32.1. The molecule has 3 aromatic rings. The lowest BCUT2D eigenvalue weighted by Gasteiger charge is -2.07. The Morgan fingerprint density at radius 1 is 1.17 bits per heavy atom. The molecule has 1 saturated carbocycles. The Morgan fingerprint density at radius 2 is 1.90 bits per heavy atom. The van der Waals surface area contributed by atoms with E-state index in [1.807, 2.05) is 51.1 Å². The zero-order valence-electron chi connectivity index (χ0n) is 17.3. The topological polar surface area (TPSA) is 70.4 Å². The number of aromatic nitrogens is 2. The highest BCUT2D eigenvalue weighted by Crippen LogP contribution is 2.38. The summed E-state index contributed by atoms with van der Waals surface area (Å²) in [6.07, 6.45) is 2.30. The van der Waals surface area contributed by atoms with Gasteiger partial charge in [-0.2, -0.15) is 0 Å². The van der Waals surface area contributed by atoms with Crippen molar-refractivity contribution in [3.05, 3.63) is 68.9 Å². The zero-order valence-corrected chi connectivity index (χ0v) is 18.1. The number of hydrogen-bond acceptors (Lipinski definition) is 6. The van der Waals surface area contributed by atoms with Crippen LogP contribution in [0.25, 0.3) is 0 Å². The van der Waals surface area contributed by atoms with Crippen molar-refractivity contribution in [2.45, 2.75) is 46.3 Å². The molecular formula is C23H24N2O4S. The van der Waals surface area contributed by atoms with Gasteiger partial charge in [-0.3, -0.25) is 4.79 Å². The van der Waals surface area contributed by atoms with E-state index in [2.05, 4.69) is 9.55 Å². The van der Waals surface area contributed by atoms with Gasteiger partial charge in [0, 0.05) is 28.4 Å².